The van der Waals surface area contributed by atoms with Crippen LogP contribution in [0.3, 0.4) is 0 Å². The van der Waals surface area contributed by atoms with Crippen LogP contribution >= 0.6 is 0 Å². The second-order valence-electron chi connectivity index (χ2n) is 6.88. The number of benzene rings is 2. The summed E-state index contributed by atoms with van der Waals surface area (Å²) in [6.07, 6.45) is 2.02. The zero-order valence-electron chi connectivity index (χ0n) is 16.0. The van der Waals surface area contributed by atoms with E-state index in [0.717, 1.165) is 29.7 Å². The van der Waals surface area contributed by atoms with Gasteiger partial charge in [-0.15, -0.1) is 0 Å². The number of carbonyl (C=O) groups excluding carboxylic acids is 1. The molecular formula is C22H25NO5. The molecule has 6 nitrogen and oxygen atoms in total. The first-order valence-electron chi connectivity index (χ1n) is 9.40. The lowest BCUT2D eigenvalue weighted by Gasteiger charge is -2.32. The summed E-state index contributed by atoms with van der Waals surface area (Å²) in [6.45, 7) is 1.84. The third kappa shape index (κ3) is 5.10. The molecule has 2 aromatic carbocycles. The maximum atomic E-state index is 12.5. The molecule has 1 heterocycles. The van der Waals surface area contributed by atoms with Crippen molar-refractivity contribution in [2.24, 2.45) is 0 Å². The molecule has 0 saturated carbocycles. The number of para-hydroxylation sites is 1. The van der Waals surface area contributed by atoms with Crippen LogP contribution < -0.4 is 4.74 Å². The molecule has 0 unspecified atom stereocenters. The largest absolute Gasteiger partial charge is 0.496 e. The highest BCUT2D eigenvalue weighted by molar-refractivity contribution is 5.87. The summed E-state index contributed by atoms with van der Waals surface area (Å²) in [5.41, 5.74) is 2.07. The minimum absolute atomic E-state index is 0.0613. The van der Waals surface area contributed by atoms with Gasteiger partial charge in [0.15, 0.2) is 0 Å². The smallest absolute Gasteiger partial charge is 0.335 e. The number of likely N-dealkylation sites (tertiary alicyclic amines) is 1. The number of carboxylic acids is 1. The second-order valence-corrected chi connectivity index (χ2v) is 6.88. The number of hydrogen-bond acceptors (Lipinski definition) is 4. The highest BCUT2D eigenvalue weighted by Crippen LogP contribution is 2.21. The van der Waals surface area contributed by atoms with E-state index in [0.29, 0.717) is 19.7 Å². The van der Waals surface area contributed by atoms with Crippen LogP contribution in [0.1, 0.15) is 34.3 Å². The molecule has 148 valence electrons. The fourth-order valence-corrected chi connectivity index (χ4v) is 3.35. The number of amides is 1. The van der Waals surface area contributed by atoms with Crippen LogP contribution in [-0.2, 0) is 22.6 Å². The molecule has 28 heavy (non-hydrogen) atoms. The number of methoxy groups -OCH3 is 1. The molecule has 3 rings (SSSR count). The van der Waals surface area contributed by atoms with Crippen LogP contribution in [0.25, 0.3) is 0 Å². The SMILES string of the molecule is COc1ccccc1COC1CCN(C(=O)Cc2ccc(C(=O)O)cc2)CC1. The van der Waals surface area contributed by atoms with E-state index in [9.17, 15) is 9.59 Å². The molecule has 0 spiro atoms. The van der Waals surface area contributed by atoms with Crippen molar-refractivity contribution in [3.05, 3.63) is 65.2 Å². The monoisotopic (exact) mass is 383 g/mol. The van der Waals surface area contributed by atoms with Gasteiger partial charge < -0.3 is 19.5 Å². The van der Waals surface area contributed by atoms with Crippen molar-refractivity contribution in [1.29, 1.82) is 0 Å². The fourth-order valence-electron chi connectivity index (χ4n) is 3.35. The number of nitrogens with zero attached hydrogens (tertiary/aromatic N) is 1. The molecular weight excluding hydrogens is 358 g/mol. The second kappa shape index (κ2) is 9.37. The molecule has 1 saturated heterocycles. The number of piperidine rings is 1. The standard InChI is InChI=1S/C22H25NO5/c1-27-20-5-3-2-4-18(20)15-28-19-10-12-23(13-11-19)21(24)14-16-6-8-17(9-7-16)22(25)26/h2-9,19H,10-15H2,1H3,(H,25,26). The molecule has 0 radical (unpaired) electrons. The lowest BCUT2D eigenvalue weighted by atomic mass is 10.0. The predicted molar refractivity (Wildman–Crippen MR) is 104 cm³/mol. The summed E-state index contributed by atoms with van der Waals surface area (Å²) in [5, 5.41) is 8.94. The van der Waals surface area contributed by atoms with E-state index in [1.807, 2.05) is 29.2 Å². The van der Waals surface area contributed by atoms with Crippen LogP contribution in [-0.4, -0.2) is 48.2 Å². The minimum atomic E-state index is -0.965. The zero-order valence-corrected chi connectivity index (χ0v) is 16.0. The Kier molecular flexibility index (Phi) is 6.66. The Morgan fingerprint density at radius 2 is 1.75 bits per heavy atom. The van der Waals surface area contributed by atoms with E-state index in [-0.39, 0.29) is 24.0 Å². The summed E-state index contributed by atoms with van der Waals surface area (Å²) in [6, 6.07) is 14.3. The van der Waals surface area contributed by atoms with Crippen molar-refractivity contribution in [3.63, 3.8) is 0 Å². The summed E-state index contributed by atoms with van der Waals surface area (Å²) in [7, 11) is 1.65. The van der Waals surface area contributed by atoms with Gasteiger partial charge in [0, 0.05) is 18.7 Å². The Morgan fingerprint density at radius 1 is 1.07 bits per heavy atom. The average Bonchev–Trinajstić information content (AvgIpc) is 2.73. The highest BCUT2D eigenvalue weighted by Gasteiger charge is 2.23. The predicted octanol–water partition coefficient (Wildman–Crippen LogP) is 3.14. The Bertz CT molecular complexity index is 810. The summed E-state index contributed by atoms with van der Waals surface area (Å²) >= 11 is 0. The summed E-state index contributed by atoms with van der Waals surface area (Å²) in [5.74, 6) is -0.0802. The fraction of sp³-hybridized carbons (Fsp3) is 0.364. The van der Waals surface area contributed by atoms with Gasteiger partial charge in [0.25, 0.3) is 0 Å². The van der Waals surface area contributed by atoms with Gasteiger partial charge >= 0.3 is 5.97 Å². The number of hydrogen-bond donors (Lipinski definition) is 1. The Hall–Kier alpha value is -2.86. The van der Waals surface area contributed by atoms with E-state index in [1.165, 1.54) is 12.1 Å². The van der Waals surface area contributed by atoms with Crippen LogP contribution in [0, 0.1) is 0 Å². The number of ether oxygens (including phenoxy) is 2. The quantitative estimate of drug-likeness (QED) is 0.795. The Morgan fingerprint density at radius 3 is 2.39 bits per heavy atom. The van der Waals surface area contributed by atoms with Crippen LogP contribution in [0.2, 0.25) is 0 Å². The van der Waals surface area contributed by atoms with Gasteiger partial charge in [-0.2, -0.15) is 0 Å². The number of carboxylic acid groups (broad SMARTS) is 1. The van der Waals surface area contributed by atoms with Gasteiger partial charge in [0.05, 0.1) is 31.8 Å². The molecule has 0 aliphatic carbocycles. The summed E-state index contributed by atoms with van der Waals surface area (Å²) in [4.78, 5) is 25.3. The first kappa shape index (κ1) is 19.9. The normalized spacial score (nSPS) is 14.7. The zero-order chi connectivity index (χ0) is 19.9. The van der Waals surface area contributed by atoms with Crippen molar-refractivity contribution >= 4 is 11.9 Å². The maximum Gasteiger partial charge on any atom is 0.335 e. The number of rotatable bonds is 7. The summed E-state index contributed by atoms with van der Waals surface area (Å²) < 4.78 is 11.4. The van der Waals surface area contributed by atoms with Gasteiger partial charge in [-0.05, 0) is 36.6 Å². The van der Waals surface area contributed by atoms with Crippen molar-refractivity contribution in [3.8, 4) is 5.75 Å². The number of carbonyl (C=O) groups is 2. The molecule has 0 atom stereocenters. The van der Waals surface area contributed by atoms with Crippen molar-refractivity contribution in [2.45, 2.75) is 32.0 Å². The lowest BCUT2D eigenvalue weighted by Crippen LogP contribution is -2.41. The van der Waals surface area contributed by atoms with Crippen molar-refractivity contribution in [1.82, 2.24) is 4.90 Å². The number of aromatic carboxylic acids is 1. The van der Waals surface area contributed by atoms with Gasteiger partial charge in [0.1, 0.15) is 5.75 Å². The van der Waals surface area contributed by atoms with Gasteiger partial charge in [0.2, 0.25) is 5.91 Å². The topological polar surface area (TPSA) is 76.1 Å². The molecule has 0 aromatic heterocycles. The van der Waals surface area contributed by atoms with E-state index >= 15 is 0 Å². The Balaban J connectivity index is 1.45. The van der Waals surface area contributed by atoms with E-state index in [4.69, 9.17) is 14.6 Å². The van der Waals surface area contributed by atoms with E-state index < -0.39 is 5.97 Å². The first-order valence-corrected chi connectivity index (χ1v) is 9.40. The van der Waals surface area contributed by atoms with Crippen LogP contribution in [0.5, 0.6) is 5.75 Å². The molecule has 0 bridgehead atoms. The minimum Gasteiger partial charge on any atom is -0.496 e. The van der Waals surface area contributed by atoms with Crippen LogP contribution in [0.4, 0.5) is 0 Å². The molecule has 1 fully saturated rings. The van der Waals surface area contributed by atoms with Gasteiger partial charge in [-0.3, -0.25) is 4.79 Å². The van der Waals surface area contributed by atoms with E-state index in [2.05, 4.69) is 0 Å². The molecule has 6 heteroatoms. The van der Waals surface area contributed by atoms with Crippen molar-refractivity contribution in [2.75, 3.05) is 20.2 Å². The third-order valence-electron chi connectivity index (χ3n) is 5.02. The van der Waals surface area contributed by atoms with Crippen LogP contribution in [0.15, 0.2) is 48.5 Å². The molecule has 2 aromatic rings. The lowest BCUT2D eigenvalue weighted by molar-refractivity contribution is -0.133. The molecule has 1 aliphatic heterocycles. The van der Waals surface area contributed by atoms with E-state index in [1.54, 1.807) is 19.2 Å². The van der Waals surface area contributed by atoms with Crippen molar-refractivity contribution < 1.29 is 24.2 Å². The highest BCUT2D eigenvalue weighted by atomic mass is 16.5. The van der Waals surface area contributed by atoms with Gasteiger partial charge in [-0.25, -0.2) is 4.79 Å². The third-order valence-corrected chi connectivity index (χ3v) is 5.02. The molecule has 1 aliphatic rings. The molecule has 1 N–H and O–H groups in total. The van der Waals surface area contributed by atoms with Gasteiger partial charge in [-0.1, -0.05) is 30.3 Å². The Labute approximate surface area is 164 Å². The maximum absolute atomic E-state index is 12.5. The average molecular weight is 383 g/mol. The molecule has 1 amide bonds. The first-order chi connectivity index (χ1) is 13.6.